The number of amides is 1. The highest BCUT2D eigenvalue weighted by atomic mass is 16.5. The summed E-state index contributed by atoms with van der Waals surface area (Å²) in [5.74, 6) is 2.13. The predicted molar refractivity (Wildman–Crippen MR) is 111 cm³/mol. The van der Waals surface area contributed by atoms with Gasteiger partial charge in [-0.25, -0.2) is 0 Å². The molecular weight excluding hydrogens is 356 g/mol. The molecule has 0 saturated carbocycles. The van der Waals surface area contributed by atoms with Crippen LogP contribution in [-0.2, 0) is 17.8 Å². The maximum absolute atomic E-state index is 12.0. The van der Waals surface area contributed by atoms with E-state index in [0.29, 0.717) is 19.0 Å². The van der Waals surface area contributed by atoms with Gasteiger partial charge in [0, 0.05) is 20.1 Å². The van der Waals surface area contributed by atoms with E-state index >= 15 is 0 Å². The lowest BCUT2D eigenvalue weighted by atomic mass is 10.1. The van der Waals surface area contributed by atoms with E-state index in [4.69, 9.17) is 9.47 Å². The molecule has 0 radical (unpaired) electrons. The Morgan fingerprint density at radius 1 is 0.964 bits per heavy atom. The molecule has 7 heteroatoms. The minimum absolute atomic E-state index is 0.108. The molecule has 3 N–H and O–H groups in total. The van der Waals surface area contributed by atoms with Crippen molar-refractivity contribution in [1.29, 1.82) is 0 Å². The molecule has 150 valence electrons. The van der Waals surface area contributed by atoms with Crippen LogP contribution in [0.3, 0.4) is 0 Å². The fourth-order valence-electron chi connectivity index (χ4n) is 2.62. The monoisotopic (exact) mass is 384 g/mol. The Labute approximate surface area is 166 Å². The number of para-hydroxylation sites is 1. The molecule has 0 bridgehead atoms. The first-order valence-corrected chi connectivity index (χ1v) is 9.12. The van der Waals surface area contributed by atoms with Crippen molar-refractivity contribution in [2.24, 2.45) is 4.99 Å². The Bertz CT molecular complexity index is 775. The molecule has 0 fully saturated rings. The SMILES string of the molecule is CN=C(NCCc1ccccc1OC)NCC(=O)NCc1ccc(OC)cc1. The third kappa shape index (κ3) is 6.83. The second kappa shape index (κ2) is 11.5. The zero-order valence-electron chi connectivity index (χ0n) is 16.6. The van der Waals surface area contributed by atoms with Crippen molar-refractivity contribution in [2.45, 2.75) is 13.0 Å². The van der Waals surface area contributed by atoms with Crippen LogP contribution in [0.25, 0.3) is 0 Å². The summed E-state index contributed by atoms with van der Waals surface area (Å²) < 4.78 is 10.5. The van der Waals surface area contributed by atoms with Crippen molar-refractivity contribution in [3.63, 3.8) is 0 Å². The van der Waals surface area contributed by atoms with Gasteiger partial charge in [-0.2, -0.15) is 0 Å². The largest absolute Gasteiger partial charge is 0.497 e. The van der Waals surface area contributed by atoms with E-state index in [2.05, 4.69) is 20.9 Å². The zero-order chi connectivity index (χ0) is 20.2. The Morgan fingerprint density at radius 2 is 1.71 bits per heavy atom. The van der Waals surface area contributed by atoms with Crippen LogP contribution >= 0.6 is 0 Å². The highest BCUT2D eigenvalue weighted by Gasteiger charge is 2.05. The van der Waals surface area contributed by atoms with Gasteiger partial charge < -0.3 is 25.4 Å². The van der Waals surface area contributed by atoms with Crippen LogP contribution in [0.2, 0.25) is 0 Å². The summed E-state index contributed by atoms with van der Waals surface area (Å²) in [6.07, 6.45) is 0.786. The number of guanidine groups is 1. The first-order valence-electron chi connectivity index (χ1n) is 9.12. The number of nitrogens with one attached hydrogen (secondary N) is 3. The van der Waals surface area contributed by atoms with Crippen molar-refractivity contribution >= 4 is 11.9 Å². The Kier molecular flexibility index (Phi) is 8.65. The highest BCUT2D eigenvalue weighted by molar-refractivity contribution is 5.86. The summed E-state index contributed by atoms with van der Waals surface area (Å²) in [6.45, 7) is 1.28. The van der Waals surface area contributed by atoms with Crippen LogP contribution < -0.4 is 25.4 Å². The number of hydrogen-bond donors (Lipinski definition) is 3. The number of benzene rings is 2. The third-order valence-corrected chi connectivity index (χ3v) is 4.17. The van der Waals surface area contributed by atoms with Crippen LogP contribution in [-0.4, -0.2) is 46.2 Å². The fraction of sp³-hybridized carbons (Fsp3) is 0.333. The first kappa shape index (κ1) is 21.1. The van der Waals surface area contributed by atoms with E-state index in [-0.39, 0.29) is 12.5 Å². The van der Waals surface area contributed by atoms with Gasteiger partial charge in [-0.3, -0.25) is 9.79 Å². The number of nitrogens with zero attached hydrogens (tertiary/aromatic N) is 1. The van der Waals surface area contributed by atoms with Crippen LogP contribution in [0.15, 0.2) is 53.5 Å². The van der Waals surface area contributed by atoms with Gasteiger partial charge in [0.15, 0.2) is 5.96 Å². The second-order valence-electron chi connectivity index (χ2n) is 6.04. The van der Waals surface area contributed by atoms with E-state index in [1.165, 1.54) is 0 Å². The van der Waals surface area contributed by atoms with Gasteiger partial charge >= 0.3 is 0 Å². The molecule has 1 amide bonds. The topological polar surface area (TPSA) is 84.0 Å². The van der Waals surface area contributed by atoms with Crippen LogP contribution in [0.1, 0.15) is 11.1 Å². The molecule has 0 aliphatic heterocycles. The number of carbonyl (C=O) groups is 1. The third-order valence-electron chi connectivity index (χ3n) is 4.17. The lowest BCUT2D eigenvalue weighted by Gasteiger charge is -2.13. The van der Waals surface area contributed by atoms with E-state index in [1.807, 2.05) is 48.5 Å². The Balaban J connectivity index is 1.70. The van der Waals surface area contributed by atoms with E-state index in [1.54, 1.807) is 21.3 Å². The molecule has 0 aromatic heterocycles. The summed E-state index contributed by atoms with van der Waals surface area (Å²) in [5.41, 5.74) is 2.12. The van der Waals surface area contributed by atoms with Crippen molar-refractivity contribution in [3.8, 4) is 11.5 Å². The molecule has 0 heterocycles. The van der Waals surface area contributed by atoms with Gasteiger partial charge in [0.05, 0.1) is 20.8 Å². The van der Waals surface area contributed by atoms with Crippen LogP contribution in [0.4, 0.5) is 0 Å². The number of rotatable bonds is 9. The molecule has 2 rings (SSSR count). The van der Waals surface area contributed by atoms with Gasteiger partial charge in [0.2, 0.25) is 5.91 Å². The Hall–Kier alpha value is -3.22. The lowest BCUT2D eigenvalue weighted by Crippen LogP contribution is -2.43. The molecule has 0 unspecified atom stereocenters. The molecule has 0 atom stereocenters. The van der Waals surface area contributed by atoms with E-state index in [0.717, 1.165) is 29.0 Å². The maximum Gasteiger partial charge on any atom is 0.239 e. The van der Waals surface area contributed by atoms with E-state index in [9.17, 15) is 4.79 Å². The average Bonchev–Trinajstić information content (AvgIpc) is 2.75. The number of hydrogen-bond acceptors (Lipinski definition) is 4. The zero-order valence-corrected chi connectivity index (χ0v) is 16.6. The minimum Gasteiger partial charge on any atom is -0.497 e. The van der Waals surface area contributed by atoms with Crippen molar-refractivity contribution in [1.82, 2.24) is 16.0 Å². The van der Waals surface area contributed by atoms with Crippen molar-refractivity contribution in [2.75, 3.05) is 34.4 Å². The Morgan fingerprint density at radius 3 is 2.39 bits per heavy atom. The molecule has 0 aliphatic carbocycles. The minimum atomic E-state index is -0.108. The molecule has 0 saturated heterocycles. The summed E-state index contributed by atoms with van der Waals surface area (Å²) in [7, 11) is 4.96. The van der Waals surface area contributed by atoms with Gasteiger partial charge in [-0.05, 0) is 35.7 Å². The molecule has 2 aromatic rings. The highest BCUT2D eigenvalue weighted by Crippen LogP contribution is 2.17. The quantitative estimate of drug-likeness (QED) is 0.453. The molecular formula is C21H28N4O3. The number of carbonyl (C=O) groups excluding carboxylic acids is 1. The summed E-state index contributed by atoms with van der Waals surface area (Å²) in [6, 6.07) is 15.5. The van der Waals surface area contributed by atoms with Gasteiger partial charge in [-0.1, -0.05) is 30.3 Å². The lowest BCUT2D eigenvalue weighted by molar-refractivity contribution is -0.120. The number of aliphatic imine (C=N–C) groups is 1. The van der Waals surface area contributed by atoms with Crippen LogP contribution in [0.5, 0.6) is 11.5 Å². The predicted octanol–water partition coefficient (Wildman–Crippen LogP) is 1.73. The normalized spacial score (nSPS) is 10.9. The molecule has 28 heavy (non-hydrogen) atoms. The van der Waals surface area contributed by atoms with Gasteiger partial charge in [-0.15, -0.1) is 0 Å². The number of ether oxygens (including phenoxy) is 2. The second-order valence-corrected chi connectivity index (χ2v) is 6.04. The summed E-state index contributed by atoms with van der Waals surface area (Å²) in [4.78, 5) is 16.2. The summed E-state index contributed by atoms with van der Waals surface area (Å²) in [5, 5.41) is 9.09. The smallest absolute Gasteiger partial charge is 0.239 e. The van der Waals surface area contributed by atoms with Gasteiger partial charge in [0.1, 0.15) is 11.5 Å². The molecule has 7 nitrogen and oxygen atoms in total. The van der Waals surface area contributed by atoms with Crippen LogP contribution in [0, 0.1) is 0 Å². The molecule has 2 aromatic carbocycles. The van der Waals surface area contributed by atoms with E-state index < -0.39 is 0 Å². The van der Waals surface area contributed by atoms with Gasteiger partial charge in [0.25, 0.3) is 0 Å². The molecule has 0 spiro atoms. The van der Waals surface area contributed by atoms with Crippen molar-refractivity contribution < 1.29 is 14.3 Å². The maximum atomic E-state index is 12.0. The first-order chi connectivity index (χ1) is 13.7. The summed E-state index contributed by atoms with van der Waals surface area (Å²) >= 11 is 0. The molecule has 0 aliphatic rings. The standard InChI is InChI=1S/C21H28N4O3/c1-22-21(23-13-12-17-6-4-5-7-19(17)28-3)25-15-20(26)24-14-16-8-10-18(27-2)11-9-16/h4-11H,12-15H2,1-3H3,(H,24,26)(H2,22,23,25). The fourth-order valence-corrected chi connectivity index (χ4v) is 2.62. The van der Waals surface area contributed by atoms with Crippen molar-refractivity contribution in [3.05, 3.63) is 59.7 Å². The number of methoxy groups -OCH3 is 2. The average molecular weight is 384 g/mol.